The highest BCUT2D eigenvalue weighted by Crippen LogP contribution is 2.36. The number of amides is 1. The maximum Gasteiger partial charge on any atom is 0.418 e. The fourth-order valence-corrected chi connectivity index (χ4v) is 3.88. The van der Waals surface area contributed by atoms with Gasteiger partial charge in [-0.1, -0.05) is 12.1 Å². The van der Waals surface area contributed by atoms with Gasteiger partial charge in [0.25, 0.3) is 0 Å². The minimum Gasteiger partial charge on any atom is -0.490 e. The molecule has 0 spiro atoms. The lowest BCUT2D eigenvalue weighted by Crippen LogP contribution is -2.17. The number of anilines is 1. The van der Waals surface area contributed by atoms with E-state index in [1.807, 2.05) is 24.3 Å². The summed E-state index contributed by atoms with van der Waals surface area (Å²) in [5.41, 5.74) is -0.0114. The predicted molar refractivity (Wildman–Crippen MR) is 115 cm³/mol. The number of halogens is 3. The number of alkyl halides is 3. The van der Waals surface area contributed by atoms with Crippen molar-refractivity contribution >= 4 is 11.6 Å². The molecule has 1 amide bonds. The molecule has 1 aliphatic rings. The molecule has 0 aliphatic heterocycles. The number of carbonyl (C=O) groups excluding carboxylic acids is 1. The Morgan fingerprint density at radius 2 is 1.94 bits per heavy atom. The largest absolute Gasteiger partial charge is 0.490 e. The van der Waals surface area contributed by atoms with Crippen molar-refractivity contribution in [3.63, 3.8) is 0 Å². The number of hydrogen-bond donors (Lipinski definition) is 1. The highest BCUT2D eigenvalue weighted by Gasteiger charge is 2.34. The Hall–Kier alpha value is -3.29. The second kappa shape index (κ2) is 9.46. The van der Waals surface area contributed by atoms with E-state index >= 15 is 0 Å². The van der Waals surface area contributed by atoms with E-state index in [0.29, 0.717) is 6.42 Å². The highest BCUT2D eigenvalue weighted by molar-refractivity contribution is 5.92. The SMILES string of the molecule is O=C(CCc1cccc(OC2CCCC2)c1)Nc1ccc(-n2cccn2)cc1C(F)(F)F. The molecule has 1 N–H and O–H groups in total. The summed E-state index contributed by atoms with van der Waals surface area (Å²) in [5.74, 6) is 0.285. The maximum absolute atomic E-state index is 13.6. The fraction of sp³-hybridized carbons (Fsp3) is 0.333. The standard InChI is InChI=1S/C24H24F3N3O2/c25-24(26,27)21-16-18(30-14-4-13-28-30)10-11-22(21)29-23(31)12-9-17-5-3-8-20(15-17)32-19-6-1-2-7-19/h3-5,8,10-11,13-16,19H,1-2,6-7,9,12H2,(H,29,31). The van der Waals surface area contributed by atoms with E-state index in [0.717, 1.165) is 30.2 Å². The van der Waals surface area contributed by atoms with Gasteiger partial charge in [-0.25, -0.2) is 4.68 Å². The summed E-state index contributed by atoms with van der Waals surface area (Å²) in [6, 6.07) is 12.9. The summed E-state index contributed by atoms with van der Waals surface area (Å²) >= 11 is 0. The van der Waals surface area contributed by atoms with E-state index in [1.54, 1.807) is 12.3 Å². The van der Waals surface area contributed by atoms with Crippen LogP contribution in [0.15, 0.2) is 60.9 Å². The summed E-state index contributed by atoms with van der Waals surface area (Å²) in [6.45, 7) is 0. The van der Waals surface area contributed by atoms with Crippen LogP contribution in [-0.4, -0.2) is 21.8 Å². The third kappa shape index (κ3) is 5.49. The summed E-state index contributed by atoms with van der Waals surface area (Å²) in [6.07, 6.45) is 3.57. The predicted octanol–water partition coefficient (Wildman–Crippen LogP) is 5.78. The highest BCUT2D eigenvalue weighted by atomic mass is 19.4. The smallest absolute Gasteiger partial charge is 0.418 e. The summed E-state index contributed by atoms with van der Waals surface area (Å²) in [7, 11) is 0. The molecule has 0 radical (unpaired) electrons. The molecule has 1 fully saturated rings. The summed E-state index contributed by atoms with van der Waals surface area (Å²) in [5, 5.41) is 6.37. The molecular formula is C24H24F3N3O2. The van der Waals surface area contributed by atoms with Crippen LogP contribution < -0.4 is 10.1 Å². The molecule has 168 valence electrons. The molecule has 32 heavy (non-hydrogen) atoms. The molecule has 0 saturated heterocycles. The molecule has 5 nitrogen and oxygen atoms in total. The number of carbonyl (C=O) groups is 1. The van der Waals surface area contributed by atoms with Gasteiger partial charge in [0.15, 0.2) is 0 Å². The van der Waals surface area contributed by atoms with Gasteiger partial charge >= 0.3 is 6.18 Å². The van der Waals surface area contributed by atoms with Gasteiger partial charge < -0.3 is 10.1 Å². The van der Waals surface area contributed by atoms with Crippen molar-refractivity contribution < 1.29 is 22.7 Å². The van der Waals surface area contributed by atoms with Crippen molar-refractivity contribution in [2.75, 3.05) is 5.32 Å². The Morgan fingerprint density at radius 3 is 2.66 bits per heavy atom. The van der Waals surface area contributed by atoms with E-state index < -0.39 is 17.6 Å². The Labute approximate surface area is 184 Å². The average molecular weight is 443 g/mol. The van der Waals surface area contributed by atoms with Crippen LogP contribution >= 0.6 is 0 Å². The van der Waals surface area contributed by atoms with Crippen LogP contribution in [-0.2, 0) is 17.4 Å². The molecule has 8 heteroatoms. The first-order valence-electron chi connectivity index (χ1n) is 10.7. The Kier molecular flexibility index (Phi) is 6.48. The van der Waals surface area contributed by atoms with E-state index in [1.165, 1.54) is 35.9 Å². The molecule has 2 aromatic carbocycles. The quantitative estimate of drug-likeness (QED) is 0.503. The molecule has 3 aromatic rings. The van der Waals surface area contributed by atoms with E-state index in [9.17, 15) is 18.0 Å². The van der Waals surface area contributed by atoms with Crippen LogP contribution in [0, 0.1) is 0 Å². The van der Waals surface area contributed by atoms with Crippen molar-refractivity contribution in [3.8, 4) is 11.4 Å². The molecule has 0 unspecified atom stereocenters. The molecule has 1 saturated carbocycles. The number of aromatic nitrogens is 2. The lowest BCUT2D eigenvalue weighted by molar-refractivity contribution is -0.137. The second-order valence-electron chi connectivity index (χ2n) is 7.90. The van der Waals surface area contributed by atoms with Crippen molar-refractivity contribution in [3.05, 3.63) is 72.1 Å². The molecular weight excluding hydrogens is 419 g/mol. The summed E-state index contributed by atoms with van der Waals surface area (Å²) < 4.78 is 48.1. The monoisotopic (exact) mass is 443 g/mol. The first kappa shape index (κ1) is 21.9. The number of aryl methyl sites for hydroxylation is 1. The number of ether oxygens (including phenoxy) is 1. The number of nitrogens with zero attached hydrogens (tertiary/aromatic N) is 2. The van der Waals surface area contributed by atoms with Crippen LogP contribution in [0.5, 0.6) is 5.75 Å². The minimum absolute atomic E-state index is 0.0606. The van der Waals surface area contributed by atoms with E-state index in [2.05, 4.69) is 10.4 Å². The van der Waals surface area contributed by atoms with Gasteiger partial charge in [0.2, 0.25) is 5.91 Å². The zero-order chi connectivity index (χ0) is 22.6. The Balaban J connectivity index is 1.40. The van der Waals surface area contributed by atoms with Crippen LogP contribution in [0.25, 0.3) is 5.69 Å². The summed E-state index contributed by atoms with van der Waals surface area (Å²) in [4.78, 5) is 12.4. The zero-order valence-electron chi connectivity index (χ0n) is 17.4. The maximum atomic E-state index is 13.6. The van der Waals surface area contributed by atoms with E-state index in [4.69, 9.17) is 4.74 Å². The van der Waals surface area contributed by atoms with Gasteiger partial charge in [0, 0.05) is 18.8 Å². The van der Waals surface area contributed by atoms with Gasteiger partial charge in [0.1, 0.15) is 5.75 Å². The van der Waals surface area contributed by atoms with Crippen molar-refractivity contribution in [1.82, 2.24) is 9.78 Å². The van der Waals surface area contributed by atoms with E-state index in [-0.39, 0.29) is 23.9 Å². The lowest BCUT2D eigenvalue weighted by Gasteiger charge is -2.16. The lowest BCUT2D eigenvalue weighted by atomic mass is 10.1. The van der Waals surface area contributed by atoms with Crippen molar-refractivity contribution in [2.45, 2.75) is 50.8 Å². The molecule has 4 rings (SSSR count). The first-order chi connectivity index (χ1) is 15.4. The normalized spacial score (nSPS) is 14.5. The third-order valence-electron chi connectivity index (χ3n) is 5.50. The minimum atomic E-state index is -4.61. The molecule has 1 heterocycles. The Morgan fingerprint density at radius 1 is 1.12 bits per heavy atom. The number of hydrogen-bond acceptors (Lipinski definition) is 3. The molecule has 1 aliphatic carbocycles. The van der Waals surface area contributed by atoms with Gasteiger partial charge in [0.05, 0.1) is 23.0 Å². The second-order valence-corrected chi connectivity index (χ2v) is 7.90. The number of nitrogens with one attached hydrogen (secondary N) is 1. The number of benzene rings is 2. The average Bonchev–Trinajstić information content (AvgIpc) is 3.46. The van der Waals surface area contributed by atoms with Gasteiger partial charge in [-0.15, -0.1) is 0 Å². The Bertz CT molecular complexity index is 1060. The van der Waals surface area contributed by atoms with Crippen LogP contribution in [0.2, 0.25) is 0 Å². The first-order valence-corrected chi connectivity index (χ1v) is 10.7. The van der Waals surface area contributed by atoms with Crippen LogP contribution in [0.3, 0.4) is 0 Å². The molecule has 1 aromatic heterocycles. The van der Waals surface area contributed by atoms with Gasteiger partial charge in [-0.3, -0.25) is 4.79 Å². The van der Waals surface area contributed by atoms with Crippen LogP contribution in [0.1, 0.15) is 43.2 Å². The molecule has 0 bridgehead atoms. The zero-order valence-corrected chi connectivity index (χ0v) is 17.4. The number of rotatable bonds is 7. The van der Waals surface area contributed by atoms with Crippen molar-refractivity contribution in [1.29, 1.82) is 0 Å². The third-order valence-corrected chi connectivity index (χ3v) is 5.50. The van der Waals surface area contributed by atoms with Crippen molar-refractivity contribution in [2.24, 2.45) is 0 Å². The molecule has 0 atom stereocenters. The van der Waals surface area contributed by atoms with Gasteiger partial charge in [-0.2, -0.15) is 18.3 Å². The fourth-order valence-electron chi connectivity index (χ4n) is 3.88. The topological polar surface area (TPSA) is 56.1 Å². The van der Waals surface area contributed by atoms with Crippen LogP contribution in [0.4, 0.5) is 18.9 Å². The van der Waals surface area contributed by atoms with Gasteiger partial charge in [-0.05, 0) is 74.1 Å².